The number of nitrogens with zero attached hydrogens (tertiary/aromatic N) is 3. The van der Waals surface area contributed by atoms with Crippen molar-refractivity contribution in [1.82, 2.24) is 14.5 Å². The van der Waals surface area contributed by atoms with Gasteiger partial charge in [0, 0.05) is 12.1 Å². The van der Waals surface area contributed by atoms with E-state index in [1.54, 1.807) is 0 Å². The molecule has 1 aromatic heterocycles. The van der Waals surface area contributed by atoms with Gasteiger partial charge in [-0.25, -0.2) is 14.2 Å². The zero-order valence-corrected chi connectivity index (χ0v) is 21.0. The van der Waals surface area contributed by atoms with Crippen molar-refractivity contribution in [3.63, 3.8) is 0 Å². The summed E-state index contributed by atoms with van der Waals surface area (Å²) in [5, 5.41) is 0. The Bertz CT molecular complexity index is 1500. The van der Waals surface area contributed by atoms with Gasteiger partial charge in [-0.2, -0.15) is 0 Å². The van der Waals surface area contributed by atoms with Gasteiger partial charge in [0.1, 0.15) is 24.0 Å². The maximum Gasteiger partial charge on any atom is 0.573 e. The van der Waals surface area contributed by atoms with Crippen LogP contribution >= 0.6 is 0 Å². The van der Waals surface area contributed by atoms with Gasteiger partial charge in [-0.3, -0.25) is 9.36 Å². The summed E-state index contributed by atoms with van der Waals surface area (Å²) in [5.74, 6) is -0.522. The highest BCUT2D eigenvalue weighted by molar-refractivity contribution is 5.71. The molecule has 40 heavy (non-hydrogen) atoms. The molecule has 1 aliphatic heterocycles. The summed E-state index contributed by atoms with van der Waals surface area (Å²) in [5.41, 5.74) is 1.85. The van der Waals surface area contributed by atoms with Crippen LogP contribution in [-0.2, 0) is 19.6 Å². The molecule has 0 radical (unpaired) electrons. The van der Waals surface area contributed by atoms with Crippen molar-refractivity contribution < 1.29 is 31.8 Å². The van der Waals surface area contributed by atoms with E-state index in [0.717, 1.165) is 23.3 Å². The minimum absolute atomic E-state index is 0.00621. The number of fused-ring (bicyclic) bond motifs is 1. The second-order valence-corrected chi connectivity index (χ2v) is 9.04. The molecule has 206 valence electrons. The lowest BCUT2D eigenvalue weighted by Gasteiger charge is -2.30. The second-order valence-electron chi connectivity index (χ2n) is 9.04. The molecule has 2 heterocycles. The van der Waals surface area contributed by atoms with Crippen molar-refractivity contribution in [3.05, 3.63) is 123 Å². The number of hydrogen-bond donors (Lipinski definition) is 0. The van der Waals surface area contributed by atoms with Crippen molar-refractivity contribution in [3.8, 4) is 11.5 Å². The topological polar surface area (TPSA) is 73.7 Å². The van der Waals surface area contributed by atoms with E-state index < -0.39 is 30.9 Å². The monoisotopic (exact) mass is 553 g/mol. The molecule has 11 heteroatoms. The van der Waals surface area contributed by atoms with Gasteiger partial charge in [-0.05, 0) is 41.8 Å². The van der Waals surface area contributed by atoms with Gasteiger partial charge in [0.2, 0.25) is 0 Å². The van der Waals surface area contributed by atoms with Crippen LogP contribution in [0.1, 0.15) is 34.3 Å². The van der Waals surface area contributed by atoms with E-state index in [-0.39, 0.29) is 42.3 Å². The number of carbonyl (C=O) groups excluding carboxylic acids is 1. The molecule has 1 amide bonds. The second kappa shape index (κ2) is 11.2. The SMILES string of the molecule is O=C(Oc1ccc(OC(F)(F)F)cc1)N1CCc2c(nc(CF)n(C(c3ccccc3)c3ccccc3)c2=O)C1. The maximum atomic E-state index is 14.4. The van der Waals surface area contributed by atoms with Gasteiger partial charge in [-0.15, -0.1) is 13.2 Å². The summed E-state index contributed by atoms with van der Waals surface area (Å²) in [6.07, 6.45) is -5.46. The summed E-state index contributed by atoms with van der Waals surface area (Å²) in [4.78, 5) is 32.4. The predicted molar refractivity (Wildman–Crippen MR) is 137 cm³/mol. The highest BCUT2D eigenvalue weighted by atomic mass is 19.4. The zero-order valence-electron chi connectivity index (χ0n) is 21.0. The van der Waals surface area contributed by atoms with Crippen LogP contribution in [0.15, 0.2) is 89.7 Å². The molecule has 0 fully saturated rings. The quantitative estimate of drug-likeness (QED) is 0.282. The first-order chi connectivity index (χ1) is 19.2. The summed E-state index contributed by atoms with van der Waals surface area (Å²) >= 11 is 0. The van der Waals surface area contributed by atoms with Crippen LogP contribution < -0.4 is 15.0 Å². The zero-order chi connectivity index (χ0) is 28.3. The number of ether oxygens (including phenoxy) is 2. The van der Waals surface area contributed by atoms with E-state index in [9.17, 15) is 27.2 Å². The average Bonchev–Trinajstić information content (AvgIpc) is 2.95. The van der Waals surface area contributed by atoms with E-state index in [1.807, 2.05) is 60.7 Å². The lowest BCUT2D eigenvalue weighted by atomic mass is 9.97. The Kier molecular flexibility index (Phi) is 7.54. The van der Waals surface area contributed by atoms with Crippen LogP contribution in [0, 0.1) is 0 Å². The molecule has 0 bridgehead atoms. The Labute approximate surface area is 226 Å². The first kappa shape index (κ1) is 26.9. The van der Waals surface area contributed by atoms with Crippen LogP contribution in [0.4, 0.5) is 22.4 Å². The molecule has 1 aliphatic rings. The van der Waals surface area contributed by atoms with Gasteiger partial charge in [-0.1, -0.05) is 60.7 Å². The Morgan fingerprint density at radius 1 is 0.900 bits per heavy atom. The van der Waals surface area contributed by atoms with Gasteiger partial charge in [0.05, 0.1) is 18.3 Å². The Morgan fingerprint density at radius 2 is 1.48 bits per heavy atom. The number of benzene rings is 3. The highest BCUT2D eigenvalue weighted by Gasteiger charge is 2.32. The summed E-state index contributed by atoms with van der Waals surface area (Å²) < 4.78 is 62.0. The summed E-state index contributed by atoms with van der Waals surface area (Å²) in [6, 6.07) is 22.3. The average molecular weight is 554 g/mol. The first-order valence-corrected chi connectivity index (χ1v) is 12.3. The molecule has 4 aromatic rings. The fourth-order valence-electron chi connectivity index (χ4n) is 4.70. The Balaban J connectivity index is 1.41. The molecular formula is C29H23F4N3O4. The first-order valence-electron chi connectivity index (χ1n) is 12.3. The number of alkyl halides is 4. The van der Waals surface area contributed by atoms with Gasteiger partial charge < -0.3 is 14.4 Å². The number of aromatic nitrogens is 2. The molecule has 0 saturated heterocycles. The predicted octanol–water partition coefficient (Wildman–Crippen LogP) is 5.81. The van der Waals surface area contributed by atoms with Crippen LogP contribution in [0.2, 0.25) is 0 Å². The van der Waals surface area contributed by atoms with Gasteiger partial charge in [0.15, 0.2) is 0 Å². The fourth-order valence-corrected chi connectivity index (χ4v) is 4.70. The standard InChI is InChI=1S/C29H23F4N3O4/c30-17-25-34-24-18-35(28(38)39-21-11-13-22(14-12-21)40-29(31,32)33)16-15-23(24)27(37)36(25)26(19-7-3-1-4-8-19)20-9-5-2-6-10-20/h1-14,26H,15-18H2. The highest BCUT2D eigenvalue weighted by Crippen LogP contribution is 2.29. The number of amides is 1. The minimum Gasteiger partial charge on any atom is -0.410 e. The van der Waals surface area contributed by atoms with E-state index in [1.165, 1.54) is 21.6 Å². The van der Waals surface area contributed by atoms with Crippen molar-refractivity contribution in [2.24, 2.45) is 0 Å². The molecule has 0 unspecified atom stereocenters. The Hall–Kier alpha value is -4.67. The smallest absolute Gasteiger partial charge is 0.410 e. The largest absolute Gasteiger partial charge is 0.573 e. The number of halogens is 4. The molecule has 0 spiro atoms. The van der Waals surface area contributed by atoms with E-state index in [4.69, 9.17) is 4.74 Å². The molecule has 0 aliphatic carbocycles. The lowest BCUT2D eigenvalue weighted by molar-refractivity contribution is -0.274. The molecular weight excluding hydrogens is 530 g/mol. The number of rotatable bonds is 6. The molecule has 7 nitrogen and oxygen atoms in total. The van der Waals surface area contributed by atoms with E-state index in [0.29, 0.717) is 5.56 Å². The van der Waals surface area contributed by atoms with Gasteiger partial charge in [0.25, 0.3) is 5.56 Å². The Morgan fingerprint density at radius 3 is 2.02 bits per heavy atom. The van der Waals surface area contributed by atoms with E-state index in [2.05, 4.69) is 9.72 Å². The number of carbonyl (C=O) groups is 1. The third kappa shape index (κ3) is 5.83. The van der Waals surface area contributed by atoms with E-state index >= 15 is 0 Å². The van der Waals surface area contributed by atoms with Crippen LogP contribution in [-0.4, -0.2) is 33.5 Å². The molecule has 0 saturated carbocycles. The molecule has 5 rings (SSSR count). The lowest BCUT2D eigenvalue weighted by Crippen LogP contribution is -2.43. The normalized spacial score (nSPS) is 13.2. The fraction of sp³-hybridized carbons (Fsp3) is 0.207. The van der Waals surface area contributed by atoms with Crippen molar-refractivity contribution in [2.45, 2.75) is 32.0 Å². The van der Waals surface area contributed by atoms with Crippen LogP contribution in [0.3, 0.4) is 0 Å². The van der Waals surface area contributed by atoms with Crippen molar-refractivity contribution in [2.75, 3.05) is 6.54 Å². The summed E-state index contributed by atoms with van der Waals surface area (Å²) in [6.45, 7) is -0.961. The number of hydrogen-bond acceptors (Lipinski definition) is 5. The molecule has 0 N–H and O–H groups in total. The molecule has 0 atom stereocenters. The third-order valence-corrected chi connectivity index (χ3v) is 6.47. The van der Waals surface area contributed by atoms with Crippen molar-refractivity contribution in [1.29, 1.82) is 0 Å². The van der Waals surface area contributed by atoms with Crippen molar-refractivity contribution >= 4 is 6.09 Å². The summed E-state index contributed by atoms with van der Waals surface area (Å²) in [7, 11) is 0. The molecule has 3 aromatic carbocycles. The van der Waals surface area contributed by atoms with Crippen LogP contribution in [0.25, 0.3) is 0 Å². The van der Waals surface area contributed by atoms with Gasteiger partial charge >= 0.3 is 12.5 Å². The maximum absolute atomic E-state index is 14.4. The van der Waals surface area contributed by atoms with Crippen LogP contribution in [0.5, 0.6) is 11.5 Å². The minimum atomic E-state index is -4.84. The third-order valence-electron chi connectivity index (χ3n) is 6.47.